The third-order valence-corrected chi connectivity index (χ3v) is 5.65. The fraction of sp³-hybridized carbons (Fsp3) is 0.312. The summed E-state index contributed by atoms with van der Waals surface area (Å²) in [6, 6.07) is 11.0. The molecule has 6 heteroatoms. The van der Waals surface area contributed by atoms with E-state index in [-0.39, 0.29) is 23.5 Å². The average Bonchev–Trinajstić information content (AvgIpc) is 2.84. The van der Waals surface area contributed by atoms with E-state index in [1.807, 2.05) is 30.3 Å². The van der Waals surface area contributed by atoms with Crippen LogP contribution in [-0.2, 0) is 9.84 Å². The van der Waals surface area contributed by atoms with Crippen molar-refractivity contribution in [1.82, 2.24) is 5.32 Å². The fourth-order valence-corrected chi connectivity index (χ4v) is 4.41. The van der Waals surface area contributed by atoms with Crippen molar-refractivity contribution in [3.63, 3.8) is 0 Å². The van der Waals surface area contributed by atoms with Gasteiger partial charge in [-0.25, -0.2) is 8.42 Å². The smallest absolute Gasteiger partial charge is 0.255 e. The molecule has 2 aromatic rings. The van der Waals surface area contributed by atoms with Gasteiger partial charge in [-0.15, -0.1) is 0 Å². The summed E-state index contributed by atoms with van der Waals surface area (Å²) in [7, 11) is -1.50. The monoisotopic (exact) mass is 319 g/mol. The molecular weight excluding hydrogens is 302 g/mol. The maximum Gasteiger partial charge on any atom is 0.255 e. The second kappa shape index (κ2) is 5.61. The van der Waals surface area contributed by atoms with Crippen molar-refractivity contribution >= 4 is 26.5 Å². The molecule has 0 spiro atoms. The third-order valence-electron chi connectivity index (χ3n) is 3.88. The summed E-state index contributed by atoms with van der Waals surface area (Å²) in [5.41, 5.74) is 0.422. The van der Waals surface area contributed by atoms with Crippen LogP contribution < -0.4 is 10.1 Å². The molecule has 0 aromatic heterocycles. The van der Waals surface area contributed by atoms with Gasteiger partial charge in [0.1, 0.15) is 5.75 Å². The van der Waals surface area contributed by atoms with Crippen LogP contribution in [0, 0.1) is 0 Å². The Morgan fingerprint density at radius 2 is 1.91 bits per heavy atom. The van der Waals surface area contributed by atoms with Crippen molar-refractivity contribution in [1.29, 1.82) is 0 Å². The molecule has 2 aromatic carbocycles. The van der Waals surface area contributed by atoms with Crippen LogP contribution in [0.25, 0.3) is 10.8 Å². The van der Waals surface area contributed by atoms with Crippen molar-refractivity contribution in [3.8, 4) is 5.75 Å². The van der Waals surface area contributed by atoms with E-state index in [0.29, 0.717) is 17.7 Å². The van der Waals surface area contributed by atoms with E-state index in [1.165, 1.54) is 7.11 Å². The van der Waals surface area contributed by atoms with Gasteiger partial charge in [0.15, 0.2) is 9.84 Å². The van der Waals surface area contributed by atoms with Gasteiger partial charge < -0.3 is 10.1 Å². The highest BCUT2D eigenvalue weighted by atomic mass is 32.2. The highest BCUT2D eigenvalue weighted by molar-refractivity contribution is 7.91. The minimum Gasteiger partial charge on any atom is -0.496 e. The Labute approximate surface area is 129 Å². The number of methoxy groups -OCH3 is 1. The van der Waals surface area contributed by atoms with Crippen LogP contribution in [0.2, 0.25) is 0 Å². The number of amides is 1. The Kier molecular flexibility index (Phi) is 3.78. The molecule has 1 saturated heterocycles. The van der Waals surface area contributed by atoms with Crippen LogP contribution in [0.3, 0.4) is 0 Å². The van der Waals surface area contributed by atoms with Crippen LogP contribution in [0.5, 0.6) is 5.75 Å². The summed E-state index contributed by atoms with van der Waals surface area (Å²) >= 11 is 0. The van der Waals surface area contributed by atoms with Crippen molar-refractivity contribution in [2.24, 2.45) is 0 Å². The van der Waals surface area contributed by atoms with Gasteiger partial charge in [-0.2, -0.15) is 0 Å². The molecule has 5 nitrogen and oxygen atoms in total. The average molecular weight is 319 g/mol. The van der Waals surface area contributed by atoms with Crippen molar-refractivity contribution < 1.29 is 17.9 Å². The zero-order valence-corrected chi connectivity index (χ0v) is 13.0. The number of rotatable bonds is 3. The predicted octanol–water partition coefficient (Wildman–Crippen LogP) is 1.77. The Balaban J connectivity index is 1.90. The van der Waals surface area contributed by atoms with E-state index in [1.54, 1.807) is 6.07 Å². The molecule has 1 fully saturated rings. The van der Waals surface area contributed by atoms with Crippen LogP contribution >= 0.6 is 0 Å². The summed E-state index contributed by atoms with van der Waals surface area (Å²) in [4.78, 5) is 12.4. The maximum absolute atomic E-state index is 12.4. The lowest BCUT2D eigenvalue weighted by molar-refractivity contribution is 0.0938. The van der Waals surface area contributed by atoms with E-state index >= 15 is 0 Å². The van der Waals surface area contributed by atoms with Gasteiger partial charge in [-0.1, -0.05) is 24.3 Å². The normalized spacial score (nSPS) is 20.0. The first-order chi connectivity index (χ1) is 10.5. The highest BCUT2D eigenvalue weighted by Crippen LogP contribution is 2.26. The molecule has 1 N–H and O–H groups in total. The highest BCUT2D eigenvalue weighted by Gasteiger charge is 2.29. The molecule has 3 rings (SSSR count). The quantitative estimate of drug-likeness (QED) is 0.936. The summed E-state index contributed by atoms with van der Waals surface area (Å²) in [6.07, 6.45) is 0.462. The molecule has 0 bridgehead atoms. The number of carbonyl (C=O) groups is 1. The second-order valence-electron chi connectivity index (χ2n) is 5.47. The third kappa shape index (κ3) is 2.92. The number of carbonyl (C=O) groups excluding carboxylic acids is 1. The number of fused-ring (bicyclic) bond motifs is 1. The van der Waals surface area contributed by atoms with E-state index in [0.717, 1.165) is 10.8 Å². The van der Waals surface area contributed by atoms with Crippen LogP contribution in [0.4, 0.5) is 0 Å². The first-order valence-corrected chi connectivity index (χ1v) is 8.89. The zero-order chi connectivity index (χ0) is 15.7. The number of sulfone groups is 1. The van der Waals surface area contributed by atoms with Crippen LogP contribution in [0.15, 0.2) is 36.4 Å². The van der Waals surface area contributed by atoms with Crippen molar-refractivity contribution in [3.05, 3.63) is 42.0 Å². The Morgan fingerprint density at radius 1 is 1.23 bits per heavy atom. The van der Waals surface area contributed by atoms with E-state index in [4.69, 9.17) is 4.74 Å². The molecule has 22 heavy (non-hydrogen) atoms. The van der Waals surface area contributed by atoms with Gasteiger partial charge in [0.25, 0.3) is 5.91 Å². The Hall–Kier alpha value is -2.08. The maximum atomic E-state index is 12.4. The van der Waals surface area contributed by atoms with Crippen molar-refractivity contribution in [2.45, 2.75) is 12.5 Å². The first kappa shape index (κ1) is 14.8. The lowest BCUT2D eigenvalue weighted by atomic mass is 10.0. The number of hydrogen-bond acceptors (Lipinski definition) is 4. The minimum absolute atomic E-state index is 0.00857. The molecule has 1 aliphatic rings. The molecule has 0 radical (unpaired) electrons. The standard InChI is InChI=1S/C16H17NO4S/c1-21-15-9-12-5-3-2-4-11(12)8-14(15)16(18)17-13-6-7-22(19,20)10-13/h2-5,8-9,13H,6-7,10H2,1H3,(H,17,18). The molecule has 116 valence electrons. The Bertz CT molecular complexity index is 829. The molecule has 0 aliphatic carbocycles. The van der Waals surface area contributed by atoms with Gasteiger partial charge in [0.05, 0.1) is 24.2 Å². The molecule has 1 atom stereocenters. The largest absolute Gasteiger partial charge is 0.496 e. The van der Waals surface area contributed by atoms with E-state index in [9.17, 15) is 13.2 Å². The van der Waals surface area contributed by atoms with Gasteiger partial charge in [0, 0.05) is 6.04 Å². The van der Waals surface area contributed by atoms with Crippen LogP contribution in [0.1, 0.15) is 16.8 Å². The molecule has 1 amide bonds. The first-order valence-electron chi connectivity index (χ1n) is 7.06. The fourth-order valence-electron chi connectivity index (χ4n) is 2.74. The number of hydrogen-bond donors (Lipinski definition) is 1. The minimum atomic E-state index is -3.02. The SMILES string of the molecule is COc1cc2ccccc2cc1C(=O)NC1CCS(=O)(=O)C1. The Morgan fingerprint density at radius 3 is 2.50 bits per heavy atom. The summed E-state index contributed by atoms with van der Waals surface area (Å²) in [5.74, 6) is 0.322. The van der Waals surface area contributed by atoms with Gasteiger partial charge in [0.2, 0.25) is 0 Å². The number of benzene rings is 2. The molecule has 1 heterocycles. The number of nitrogens with one attached hydrogen (secondary N) is 1. The topological polar surface area (TPSA) is 72.5 Å². The zero-order valence-electron chi connectivity index (χ0n) is 12.2. The van der Waals surface area contributed by atoms with Gasteiger partial charge in [-0.3, -0.25) is 4.79 Å². The van der Waals surface area contributed by atoms with Crippen LogP contribution in [-0.4, -0.2) is 39.0 Å². The second-order valence-corrected chi connectivity index (χ2v) is 7.70. The number of ether oxygens (including phenoxy) is 1. The van der Waals surface area contributed by atoms with Gasteiger partial charge in [-0.05, 0) is 29.3 Å². The predicted molar refractivity (Wildman–Crippen MR) is 85.0 cm³/mol. The van der Waals surface area contributed by atoms with E-state index in [2.05, 4.69) is 5.32 Å². The molecular formula is C16H17NO4S. The van der Waals surface area contributed by atoms with Gasteiger partial charge >= 0.3 is 0 Å². The lowest BCUT2D eigenvalue weighted by Gasteiger charge is -2.14. The van der Waals surface area contributed by atoms with Crippen molar-refractivity contribution in [2.75, 3.05) is 18.6 Å². The summed E-state index contributed by atoms with van der Waals surface area (Å²) < 4.78 is 28.3. The summed E-state index contributed by atoms with van der Waals surface area (Å²) in [6.45, 7) is 0. The lowest BCUT2D eigenvalue weighted by Crippen LogP contribution is -2.35. The molecule has 1 unspecified atom stereocenters. The molecule has 1 aliphatic heterocycles. The van der Waals surface area contributed by atoms with E-state index < -0.39 is 9.84 Å². The molecule has 0 saturated carbocycles. The summed E-state index contributed by atoms with van der Waals surface area (Å²) in [5, 5.41) is 4.72.